The van der Waals surface area contributed by atoms with Gasteiger partial charge < -0.3 is 4.57 Å². The van der Waals surface area contributed by atoms with E-state index in [4.69, 9.17) is 4.98 Å². The molecular weight excluding hydrogens is 282 g/mol. The molecule has 0 amide bonds. The lowest BCUT2D eigenvalue weighted by molar-refractivity contribution is 0.283. The third kappa shape index (κ3) is 2.66. The number of piperidine rings is 1. The lowest BCUT2D eigenvalue weighted by Gasteiger charge is -2.29. The van der Waals surface area contributed by atoms with Crippen LogP contribution in [-0.4, -0.2) is 34.1 Å². The van der Waals surface area contributed by atoms with Gasteiger partial charge in [0.2, 0.25) is 0 Å². The van der Waals surface area contributed by atoms with Crippen LogP contribution >= 0.6 is 0 Å². The number of hydrogen-bond donors (Lipinski definition) is 0. The van der Waals surface area contributed by atoms with Gasteiger partial charge in [0, 0.05) is 44.1 Å². The summed E-state index contributed by atoms with van der Waals surface area (Å²) in [6, 6.07) is 8.86. The molecule has 2 aliphatic heterocycles. The van der Waals surface area contributed by atoms with E-state index in [2.05, 4.69) is 46.5 Å². The third-order valence-corrected chi connectivity index (χ3v) is 5.05. The Balaban J connectivity index is 1.79. The van der Waals surface area contributed by atoms with Crippen LogP contribution in [0.15, 0.2) is 54.9 Å². The van der Waals surface area contributed by atoms with Crippen molar-refractivity contribution in [2.45, 2.75) is 25.8 Å². The van der Waals surface area contributed by atoms with Gasteiger partial charge in [-0.25, -0.2) is 4.98 Å². The van der Waals surface area contributed by atoms with Crippen LogP contribution in [0.4, 0.5) is 0 Å². The van der Waals surface area contributed by atoms with Crippen LogP contribution in [-0.2, 0) is 13.0 Å². The maximum absolute atomic E-state index is 4.70. The zero-order chi connectivity index (χ0) is 15.6. The highest BCUT2D eigenvalue weighted by atomic mass is 15.1. The first-order chi connectivity index (χ1) is 11.4. The molecule has 1 fully saturated rings. The standard InChI is InChI=1S/C20H23N3/c1-2-11-22-12-7-17(8-13-22)19-18-6-4-3-5-16(18)9-14-23-15-10-21-20(19)23/h2-6,10,15H,1,7-9,11-14H2. The third-order valence-electron chi connectivity index (χ3n) is 5.05. The molecule has 3 nitrogen and oxygen atoms in total. The number of likely N-dealkylation sites (tertiary alicyclic amines) is 1. The molecule has 0 saturated carbocycles. The van der Waals surface area contributed by atoms with E-state index in [0.717, 1.165) is 51.3 Å². The molecule has 0 bridgehead atoms. The summed E-state index contributed by atoms with van der Waals surface area (Å²) in [5.74, 6) is 1.15. The SMILES string of the molecule is C=CCN1CCC(=C2c3ccccc3CCn3ccnc32)CC1. The Morgan fingerprint density at radius 3 is 2.74 bits per heavy atom. The van der Waals surface area contributed by atoms with Crippen molar-refractivity contribution >= 4 is 5.57 Å². The summed E-state index contributed by atoms with van der Waals surface area (Å²) >= 11 is 0. The van der Waals surface area contributed by atoms with Crippen molar-refractivity contribution < 1.29 is 0 Å². The Morgan fingerprint density at radius 1 is 1.09 bits per heavy atom. The van der Waals surface area contributed by atoms with Gasteiger partial charge in [0.05, 0.1) is 0 Å². The maximum atomic E-state index is 4.70. The monoisotopic (exact) mass is 305 g/mol. The van der Waals surface area contributed by atoms with E-state index in [1.54, 1.807) is 5.57 Å². The average molecular weight is 305 g/mol. The van der Waals surface area contributed by atoms with Gasteiger partial charge in [0.1, 0.15) is 5.82 Å². The number of hydrogen-bond acceptors (Lipinski definition) is 2. The predicted octanol–water partition coefficient (Wildman–Crippen LogP) is 3.52. The molecule has 0 N–H and O–H groups in total. The fourth-order valence-electron chi connectivity index (χ4n) is 3.85. The minimum Gasteiger partial charge on any atom is -0.331 e. The molecule has 118 valence electrons. The highest BCUT2D eigenvalue weighted by Gasteiger charge is 2.24. The van der Waals surface area contributed by atoms with Gasteiger partial charge in [-0.3, -0.25) is 4.90 Å². The first kappa shape index (κ1) is 14.5. The molecule has 0 spiro atoms. The molecular formula is C20H23N3. The van der Waals surface area contributed by atoms with E-state index in [9.17, 15) is 0 Å². The second kappa shape index (κ2) is 6.17. The smallest absolute Gasteiger partial charge is 0.140 e. The van der Waals surface area contributed by atoms with Gasteiger partial charge in [-0.1, -0.05) is 35.9 Å². The summed E-state index contributed by atoms with van der Waals surface area (Å²) in [6.07, 6.45) is 9.41. The fraction of sp³-hybridized carbons (Fsp3) is 0.350. The molecule has 4 rings (SSSR count). The van der Waals surface area contributed by atoms with Crippen LogP contribution in [0, 0.1) is 0 Å². The van der Waals surface area contributed by atoms with Crippen molar-refractivity contribution in [3.8, 4) is 0 Å². The molecule has 23 heavy (non-hydrogen) atoms. The second-order valence-electron chi connectivity index (χ2n) is 6.42. The maximum Gasteiger partial charge on any atom is 0.140 e. The number of benzene rings is 1. The van der Waals surface area contributed by atoms with Crippen molar-refractivity contribution in [3.63, 3.8) is 0 Å². The van der Waals surface area contributed by atoms with Gasteiger partial charge in [0.25, 0.3) is 0 Å². The first-order valence-electron chi connectivity index (χ1n) is 8.52. The molecule has 3 heterocycles. The van der Waals surface area contributed by atoms with E-state index in [0.29, 0.717) is 0 Å². The molecule has 3 heteroatoms. The number of aryl methyl sites for hydroxylation is 2. The number of nitrogens with zero attached hydrogens (tertiary/aromatic N) is 3. The summed E-state index contributed by atoms with van der Waals surface area (Å²) in [4.78, 5) is 7.18. The van der Waals surface area contributed by atoms with Gasteiger partial charge in [0.15, 0.2) is 0 Å². The lowest BCUT2D eigenvalue weighted by Crippen LogP contribution is -2.31. The number of fused-ring (bicyclic) bond motifs is 2. The Kier molecular flexibility index (Phi) is 3.88. The average Bonchev–Trinajstić information content (AvgIpc) is 2.98. The van der Waals surface area contributed by atoms with Crippen molar-refractivity contribution in [2.75, 3.05) is 19.6 Å². The van der Waals surface area contributed by atoms with Crippen LogP contribution in [0.3, 0.4) is 0 Å². The molecule has 0 unspecified atom stereocenters. The molecule has 1 aromatic carbocycles. The van der Waals surface area contributed by atoms with Crippen molar-refractivity contribution in [3.05, 3.63) is 71.8 Å². The molecule has 0 radical (unpaired) electrons. The minimum absolute atomic E-state index is 0.994. The van der Waals surface area contributed by atoms with E-state index >= 15 is 0 Å². The normalized spacial score (nSPS) is 18.3. The van der Waals surface area contributed by atoms with E-state index < -0.39 is 0 Å². The van der Waals surface area contributed by atoms with Crippen LogP contribution in [0.25, 0.3) is 5.57 Å². The topological polar surface area (TPSA) is 21.1 Å². The zero-order valence-corrected chi connectivity index (χ0v) is 13.5. The first-order valence-corrected chi connectivity index (χ1v) is 8.52. The van der Waals surface area contributed by atoms with Crippen LogP contribution < -0.4 is 0 Å². The predicted molar refractivity (Wildman–Crippen MR) is 94.3 cm³/mol. The highest BCUT2D eigenvalue weighted by molar-refractivity contribution is 5.81. The Morgan fingerprint density at radius 2 is 1.91 bits per heavy atom. The summed E-state index contributed by atoms with van der Waals surface area (Å²) in [5.41, 5.74) is 5.80. The van der Waals surface area contributed by atoms with Crippen molar-refractivity contribution in [1.29, 1.82) is 0 Å². The molecule has 0 atom stereocenters. The lowest BCUT2D eigenvalue weighted by atomic mass is 9.90. The molecule has 1 saturated heterocycles. The van der Waals surface area contributed by atoms with Crippen LogP contribution in [0.2, 0.25) is 0 Å². The molecule has 1 aromatic heterocycles. The fourth-order valence-corrected chi connectivity index (χ4v) is 3.85. The Bertz CT molecular complexity index is 744. The molecule has 2 aliphatic rings. The summed E-state index contributed by atoms with van der Waals surface area (Å²) in [7, 11) is 0. The largest absolute Gasteiger partial charge is 0.331 e. The Labute approximate surface area is 138 Å². The molecule has 0 aliphatic carbocycles. The molecule has 2 aromatic rings. The van der Waals surface area contributed by atoms with Crippen molar-refractivity contribution in [1.82, 2.24) is 14.5 Å². The minimum atomic E-state index is 0.994. The number of imidazole rings is 1. The summed E-state index contributed by atoms with van der Waals surface area (Å²) < 4.78 is 2.32. The zero-order valence-electron chi connectivity index (χ0n) is 13.5. The second-order valence-corrected chi connectivity index (χ2v) is 6.42. The van der Waals surface area contributed by atoms with Crippen molar-refractivity contribution in [2.24, 2.45) is 0 Å². The van der Waals surface area contributed by atoms with Crippen LogP contribution in [0.1, 0.15) is 29.8 Å². The van der Waals surface area contributed by atoms with Crippen LogP contribution in [0.5, 0.6) is 0 Å². The van der Waals surface area contributed by atoms with Gasteiger partial charge >= 0.3 is 0 Å². The van der Waals surface area contributed by atoms with E-state index in [1.165, 1.54) is 16.7 Å². The summed E-state index contributed by atoms with van der Waals surface area (Å²) in [6.45, 7) is 8.11. The van der Waals surface area contributed by atoms with E-state index in [1.807, 2.05) is 12.3 Å². The summed E-state index contributed by atoms with van der Waals surface area (Å²) in [5, 5.41) is 0. The number of rotatable bonds is 2. The highest BCUT2D eigenvalue weighted by Crippen LogP contribution is 2.35. The quantitative estimate of drug-likeness (QED) is 0.792. The van der Waals surface area contributed by atoms with Gasteiger partial charge in [-0.2, -0.15) is 0 Å². The van der Waals surface area contributed by atoms with Gasteiger partial charge in [-0.05, 0) is 30.4 Å². The number of aromatic nitrogens is 2. The van der Waals surface area contributed by atoms with Gasteiger partial charge in [-0.15, -0.1) is 6.58 Å². The van der Waals surface area contributed by atoms with E-state index in [-0.39, 0.29) is 0 Å². The Hall–Kier alpha value is -2.13.